The maximum Gasteiger partial charge on any atom is 0.0694 e. The predicted octanol–water partition coefficient (Wildman–Crippen LogP) is 2.17. The predicted molar refractivity (Wildman–Crippen MR) is 53.1 cm³/mol. The molecule has 74 valence electrons. The lowest BCUT2D eigenvalue weighted by molar-refractivity contribution is 0.0918. The van der Waals surface area contributed by atoms with Gasteiger partial charge >= 0.3 is 0 Å². The highest BCUT2D eigenvalue weighted by Crippen LogP contribution is 2.09. The van der Waals surface area contributed by atoms with E-state index < -0.39 is 0 Å². The summed E-state index contributed by atoms with van der Waals surface area (Å²) in [5, 5.41) is 0. The number of rotatable bonds is 6. The molecule has 0 aliphatic rings. The average Bonchev–Trinajstić information content (AvgIpc) is 2.02. The maximum absolute atomic E-state index is 5.89. The molecule has 0 saturated heterocycles. The zero-order valence-electron chi connectivity index (χ0n) is 8.84. The van der Waals surface area contributed by atoms with Crippen molar-refractivity contribution in [3.63, 3.8) is 0 Å². The van der Waals surface area contributed by atoms with Crippen LogP contribution in [-0.2, 0) is 4.74 Å². The highest BCUT2D eigenvalue weighted by molar-refractivity contribution is 4.68. The summed E-state index contributed by atoms with van der Waals surface area (Å²) >= 11 is 0. The van der Waals surface area contributed by atoms with Crippen LogP contribution in [0.15, 0.2) is 0 Å². The molecule has 0 rings (SSSR count). The van der Waals surface area contributed by atoms with E-state index in [4.69, 9.17) is 10.5 Å². The summed E-state index contributed by atoms with van der Waals surface area (Å²) in [4.78, 5) is 0. The number of hydrogen-bond acceptors (Lipinski definition) is 2. The molecule has 0 aromatic heterocycles. The number of methoxy groups -OCH3 is 1. The summed E-state index contributed by atoms with van der Waals surface area (Å²) in [5.74, 6) is 0.787. The van der Waals surface area contributed by atoms with Gasteiger partial charge < -0.3 is 10.5 Å². The van der Waals surface area contributed by atoms with Gasteiger partial charge in [-0.25, -0.2) is 0 Å². The van der Waals surface area contributed by atoms with E-state index in [2.05, 4.69) is 13.8 Å². The van der Waals surface area contributed by atoms with E-state index in [1.54, 1.807) is 7.11 Å². The molecule has 0 radical (unpaired) electrons. The molecule has 0 aliphatic carbocycles. The fourth-order valence-corrected chi connectivity index (χ4v) is 1.17. The zero-order chi connectivity index (χ0) is 9.56. The number of nitrogens with two attached hydrogens (primary N) is 1. The Labute approximate surface area is 76.5 Å². The van der Waals surface area contributed by atoms with Gasteiger partial charge in [-0.2, -0.15) is 0 Å². The van der Waals surface area contributed by atoms with Crippen LogP contribution in [0, 0.1) is 5.92 Å². The van der Waals surface area contributed by atoms with Gasteiger partial charge in [0.05, 0.1) is 6.10 Å². The molecule has 0 spiro atoms. The third-order valence-electron chi connectivity index (χ3n) is 2.29. The van der Waals surface area contributed by atoms with Crippen LogP contribution in [0.1, 0.15) is 40.0 Å². The van der Waals surface area contributed by atoms with Gasteiger partial charge in [-0.3, -0.25) is 0 Å². The van der Waals surface area contributed by atoms with E-state index in [-0.39, 0.29) is 12.1 Å². The number of ether oxygens (including phenoxy) is 1. The minimum absolute atomic E-state index is 0.192. The molecule has 0 heterocycles. The van der Waals surface area contributed by atoms with Crippen molar-refractivity contribution in [1.29, 1.82) is 0 Å². The van der Waals surface area contributed by atoms with E-state index >= 15 is 0 Å². The van der Waals surface area contributed by atoms with E-state index in [0.29, 0.717) is 0 Å². The number of hydrogen-bond donors (Lipinski definition) is 1. The molecule has 0 aromatic carbocycles. The second-order valence-corrected chi connectivity index (χ2v) is 3.93. The van der Waals surface area contributed by atoms with Crippen molar-refractivity contribution in [1.82, 2.24) is 0 Å². The molecule has 0 saturated carbocycles. The summed E-state index contributed by atoms with van der Waals surface area (Å²) < 4.78 is 5.14. The lowest BCUT2D eigenvalue weighted by Gasteiger charge is -2.18. The van der Waals surface area contributed by atoms with Gasteiger partial charge in [-0.05, 0) is 19.3 Å². The molecule has 2 unspecified atom stereocenters. The van der Waals surface area contributed by atoms with Crippen molar-refractivity contribution in [3.8, 4) is 0 Å². The van der Waals surface area contributed by atoms with Crippen LogP contribution in [0.2, 0.25) is 0 Å². The Balaban J connectivity index is 3.37. The Hall–Kier alpha value is -0.0800. The highest BCUT2D eigenvalue weighted by atomic mass is 16.5. The Kier molecular flexibility index (Phi) is 6.39. The van der Waals surface area contributed by atoms with Gasteiger partial charge in [-0.15, -0.1) is 0 Å². The molecule has 0 bridgehead atoms. The maximum atomic E-state index is 5.89. The Morgan fingerprint density at radius 2 is 1.75 bits per heavy atom. The molecule has 2 nitrogen and oxygen atoms in total. The standard InChI is InChI=1S/C10H23NO/c1-8(2)6-5-7-10(11)9(3)12-4/h8-10H,5-7,11H2,1-4H3. The topological polar surface area (TPSA) is 35.2 Å². The summed E-state index contributed by atoms with van der Waals surface area (Å²) in [6.45, 7) is 6.51. The Morgan fingerprint density at radius 1 is 1.17 bits per heavy atom. The minimum atomic E-state index is 0.192. The van der Waals surface area contributed by atoms with E-state index in [1.165, 1.54) is 12.8 Å². The third kappa shape index (κ3) is 5.56. The SMILES string of the molecule is COC(C)C(N)CCCC(C)C. The molecule has 2 atom stereocenters. The van der Waals surface area contributed by atoms with Crippen LogP contribution < -0.4 is 5.73 Å². The van der Waals surface area contributed by atoms with E-state index in [9.17, 15) is 0 Å². The first-order chi connectivity index (χ1) is 5.57. The minimum Gasteiger partial charge on any atom is -0.380 e. The first-order valence-corrected chi connectivity index (χ1v) is 4.86. The quantitative estimate of drug-likeness (QED) is 0.668. The molecule has 2 N–H and O–H groups in total. The molecule has 0 aliphatic heterocycles. The lowest BCUT2D eigenvalue weighted by atomic mass is 10.0. The summed E-state index contributed by atoms with van der Waals surface area (Å²) in [6, 6.07) is 0.203. The lowest BCUT2D eigenvalue weighted by Crippen LogP contribution is -2.33. The van der Waals surface area contributed by atoms with Crippen molar-refractivity contribution < 1.29 is 4.74 Å². The van der Waals surface area contributed by atoms with Gasteiger partial charge in [0, 0.05) is 13.2 Å². The monoisotopic (exact) mass is 173 g/mol. The first-order valence-electron chi connectivity index (χ1n) is 4.86. The highest BCUT2D eigenvalue weighted by Gasteiger charge is 2.10. The van der Waals surface area contributed by atoms with E-state index in [1.807, 2.05) is 6.92 Å². The van der Waals surface area contributed by atoms with Crippen LogP contribution in [0.5, 0.6) is 0 Å². The zero-order valence-corrected chi connectivity index (χ0v) is 8.84. The largest absolute Gasteiger partial charge is 0.380 e. The second kappa shape index (κ2) is 6.44. The van der Waals surface area contributed by atoms with Gasteiger partial charge in [0.25, 0.3) is 0 Å². The van der Waals surface area contributed by atoms with Gasteiger partial charge in [0.2, 0.25) is 0 Å². The summed E-state index contributed by atoms with van der Waals surface area (Å²) in [5.41, 5.74) is 5.89. The van der Waals surface area contributed by atoms with Crippen LogP contribution in [0.25, 0.3) is 0 Å². The molecule has 12 heavy (non-hydrogen) atoms. The molecular weight excluding hydrogens is 150 g/mol. The third-order valence-corrected chi connectivity index (χ3v) is 2.29. The fourth-order valence-electron chi connectivity index (χ4n) is 1.17. The summed E-state index contributed by atoms with van der Waals surface area (Å²) in [7, 11) is 1.72. The van der Waals surface area contributed by atoms with Crippen LogP contribution in [0.3, 0.4) is 0 Å². The van der Waals surface area contributed by atoms with Crippen molar-refractivity contribution in [2.75, 3.05) is 7.11 Å². The Morgan fingerprint density at radius 3 is 2.17 bits per heavy atom. The van der Waals surface area contributed by atoms with Crippen LogP contribution in [-0.4, -0.2) is 19.3 Å². The van der Waals surface area contributed by atoms with E-state index in [0.717, 1.165) is 12.3 Å². The molecular formula is C10H23NO. The first kappa shape index (κ1) is 11.9. The van der Waals surface area contributed by atoms with Gasteiger partial charge in [0.1, 0.15) is 0 Å². The average molecular weight is 173 g/mol. The molecule has 0 aromatic rings. The van der Waals surface area contributed by atoms with Crippen molar-refractivity contribution >= 4 is 0 Å². The van der Waals surface area contributed by atoms with Gasteiger partial charge in [0.15, 0.2) is 0 Å². The molecule has 2 heteroatoms. The second-order valence-electron chi connectivity index (χ2n) is 3.93. The van der Waals surface area contributed by atoms with Crippen molar-refractivity contribution in [2.24, 2.45) is 11.7 Å². The normalized spacial score (nSPS) is 16.5. The van der Waals surface area contributed by atoms with Crippen molar-refractivity contribution in [3.05, 3.63) is 0 Å². The fraction of sp³-hybridized carbons (Fsp3) is 1.00. The Bertz CT molecular complexity index is 104. The van der Waals surface area contributed by atoms with Gasteiger partial charge in [-0.1, -0.05) is 26.7 Å². The van der Waals surface area contributed by atoms with Crippen LogP contribution >= 0.6 is 0 Å². The summed E-state index contributed by atoms with van der Waals surface area (Å²) in [6.07, 6.45) is 3.75. The molecule has 0 fully saturated rings. The smallest absolute Gasteiger partial charge is 0.0694 e. The molecule has 0 amide bonds. The van der Waals surface area contributed by atoms with Crippen molar-refractivity contribution in [2.45, 2.75) is 52.2 Å². The van der Waals surface area contributed by atoms with Crippen LogP contribution in [0.4, 0.5) is 0 Å².